The maximum absolute atomic E-state index is 13.5. The lowest BCUT2D eigenvalue weighted by Crippen LogP contribution is -2.00. The van der Waals surface area contributed by atoms with Gasteiger partial charge in [0.1, 0.15) is 5.82 Å². The molecule has 0 atom stereocenters. The first-order valence-electron chi connectivity index (χ1n) is 6.07. The summed E-state index contributed by atoms with van der Waals surface area (Å²) >= 11 is 5.91. The van der Waals surface area contributed by atoms with Gasteiger partial charge in [-0.2, -0.15) is 5.10 Å². The molecule has 0 aliphatic heterocycles. The molecule has 2 heterocycles. The van der Waals surface area contributed by atoms with E-state index in [1.165, 1.54) is 12.1 Å². The minimum absolute atomic E-state index is 0.360. The van der Waals surface area contributed by atoms with E-state index in [1.807, 2.05) is 25.1 Å². The Morgan fingerprint density at radius 3 is 2.70 bits per heavy atom. The number of hydrogen-bond donors (Lipinski definition) is 0. The van der Waals surface area contributed by atoms with E-state index < -0.39 is 0 Å². The van der Waals surface area contributed by atoms with Gasteiger partial charge in [-0.15, -0.1) is 0 Å². The first-order chi connectivity index (χ1) is 9.63. The molecule has 0 unspecified atom stereocenters. The van der Waals surface area contributed by atoms with Crippen molar-refractivity contribution in [2.45, 2.75) is 6.92 Å². The highest BCUT2D eigenvalue weighted by molar-refractivity contribution is 6.30. The number of rotatable bonds is 2. The Labute approximate surface area is 120 Å². The third-order valence-corrected chi connectivity index (χ3v) is 3.14. The van der Waals surface area contributed by atoms with E-state index in [0.717, 1.165) is 17.1 Å². The molecule has 5 heteroatoms. The van der Waals surface area contributed by atoms with E-state index in [9.17, 15) is 4.39 Å². The van der Waals surface area contributed by atoms with E-state index in [2.05, 4.69) is 10.1 Å². The molecule has 2 aromatic heterocycles. The van der Waals surface area contributed by atoms with Crippen LogP contribution in [0.5, 0.6) is 0 Å². The van der Waals surface area contributed by atoms with Crippen LogP contribution in [0.4, 0.5) is 4.39 Å². The highest BCUT2D eigenvalue weighted by atomic mass is 35.5. The van der Waals surface area contributed by atoms with E-state index >= 15 is 0 Å². The number of benzene rings is 1. The van der Waals surface area contributed by atoms with Gasteiger partial charge >= 0.3 is 0 Å². The minimum atomic E-state index is -0.369. The summed E-state index contributed by atoms with van der Waals surface area (Å²) in [6.07, 6.45) is 3.39. The smallest absolute Gasteiger partial charge is 0.125 e. The topological polar surface area (TPSA) is 30.7 Å². The van der Waals surface area contributed by atoms with Crippen molar-refractivity contribution in [2.75, 3.05) is 0 Å². The molecule has 0 saturated carbocycles. The quantitative estimate of drug-likeness (QED) is 0.712. The molecule has 0 N–H and O–H groups in total. The molecular weight excluding hydrogens is 277 g/mol. The van der Waals surface area contributed by atoms with Crippen LogP contribution < -0.4 is 0 Å². The molecule has 3 nitrogen and oxygen atoms in total. The average molecular weight is 288 g/mol. The zero-order valence-corrected chi connectivity index (χ0v) is 11.5. The zero-order chi connectivity index (χ0) is 14.1. The van der Waals surface area contributed by atoms with Crippen LogP contribution in [0.2, 0.25) is 5.02 Å². The first kappa shape index (κ1) is 12.8. The van der Waals surface area contributed by atoms with Crippen molar-refractivity contribution in [3.8, 4) is 16.9 Å². The first-order valence-corrected chi connectivity index (χ1v) is 6.45. The predicted octanol–water partition coefficient (Wildman–Crippen LogP) is 4.04. The van der Waals surface area contributed by atoms with Crippen molar-refractivity contribution >= 4 is 11.6 Å². The third-order valence-electron chi connectivity index (χ3n) is 2.93. The van der Waals surface area contributed by atoms with Crippen LogP contribution in [0.15, 0.2) is 48.8 Å². The molecule has 1 aromatic carbocycles. The molecule has 0 saturated heterocycles. The summed E-state index contributed by atoms with van der Waals surface area (Å²) in [6, 6.07) is 10.0. The van der Waals surface area contributed by atoms with Crippen molar-refractivity contribution in [1.29, 1.82) is 0 Å². The van der Waals surface area contributed by atoms with Crippen LogP contribution in [0.1, 0.15) is 5.69 Å². The van der Waals surface area contributed by atoms with Crippen LogP contribution in [0.25, 0.3) is 16.9 Å². The third kappa shape index (κ3) is 2.42. The Hall–Kier alpha value is -2.20. The number of nitrogens with zero attached hydrogens (tertiary/aromatic N) is 3. The number of aromatic nitrogens is 3. The number of hydrogen-bond acceptors (Lipinski definition) is 2. The minimum Gasteiger partial charge on any atom is -0.261 e. The Kier molecular flexibility index (Phi) is 3.24. The normalized spacial score (nSPS) is 10.8. The summed E-state index contributed by atoms with van der Waals surface area (Å²) in [4.78, 5) is 4.16. The van der Waals surface area contributed by atoms with Crippen LogP contribution >= 0.6 is 11.6 Å². The second-order valence-corrected chi connectivity index (χ2v) is 4.88. The lowest BCUT2D eigenvalue weighted by Gasteiger charge is -2.08. The van der Waals surface area contributed by atoms with Gasteiger partial charge in [-0.1, -0.05) is 11.6 Å². The fourth-order valence-corrected chi connectivity index (χ4v) is 2.31. The SMILES string of the molecule is Cc1cc(-n2nccc2-c2cc(F)cc(Cl)c2)ccn1. The summed E-state index contributed by atoms with van der Waals surface area (Å²) in [5.74, 6) is -0.369. The second kappa shape index (κ2) is 5.06. The second-order valence-electron chi connectivity index (χ2n) is 4.44. The molecule has 20 heavy (non-hydrogen) atoms. The molecule has 0 radical (unpaired) electrons. The average Bonchev–Trinajstić information content (AvgIpc) is 2.86. The molecule has 0 fully saturated rings. The molecular formula is C15H11ClFN3. The molecule has 3 rings (SSSR count). The molecule has 0 aliphatic carbocycles. The molecule has 100 valence electrons. The van der Waals surface area contributed by atoms with Gasteiger partial charge in [0, 0.05) is 22.5 Å². The van der Waals surface area contributed by atoms with Gasteiger partial charge in [0.25, 0.3) is 0 Å². The fourth-order valence-electron chi connectivity index (χ4n) is 2.09. The standard InChI is InChI=1S/C15H11ClFN3/c1-10-6-14(2-4-18-10)20-15(3-5-19-20)11-7-12(16)9-13(17)8-11/h2-9H,1H3. The van der Waals surface area contributed by atoms with Crippen molar-refractivity contribution in [3.63, 3.8) is 0 Å². The summed E-state index contributed by atoms with van der Waals surface area (Å²) in [5, 5.41) is 4.65. The van der Waals surface area contributed by atoms with Gasteiger partial charge in [0.15, 0.2) is 0 Å². The molecule has 0 aliphatic rings. The zero-order valence-electron chi connectivity index (χ0n) is 10.7. The van der Waals surface area contributed by atoms with E-state index in [0.29, 0.717) is 10.6 Å². The Morgan fingerprint density at radius 1 is 1.10 bits per heavy atom. The fraction of sp³-hybridized carbons (Fsp3) is 0.0667. The molecule has 0 spiro atoms. The van der Waals surface area contributed by atoms with E-state index in [-0.39, 0.29) is 5.82 Å². The summed E-state index contributed by atoms with van der Waals surface area (Å²) < 4.78 is 15.2. The summed E-state index contributed by atoms with van der Waals surface area (Å²) in [5.41, 5.74) is 3.22. The Bertz CT molecular complexity index is 747. The monoisotopic (exact) mass is 287 g/mol. The van der Waals surface area contributed by atoms with Gasteiger partial charge in [-0.05, 0) is 43.3 Å². The van der Waals surface area contributed by atoms with Crippen LogP contribution in [0, 0.1) is 12.7 Å². The van der Waals surface area contributed by atoms with E-state index in [1.54, 1.807) is 23.1 Å². The number of halogens is 2. The highest BCUT2D eigenvalue weighted by Gasteiger charge is 2.09. The molecule has 0 amide bonds. The van der Waals surface area contributed by atoms with Gasteiger partial charge in [-0.25, -0.2) is 9.07 Å². The lowest BCUT2D eigenvalue weighted by atomic mass is 10.1. The summed E-state index contributed by atoms with van der Waals surface area (Å²) in [7, 11) is 0. The predicted molar refractivity (Wildman–Crippen MR) is 76.5 cm³/mol. The van der Waals surface area contributed by atoms with Gasteiger partial charge in [-0.3, -0.25) is 4.98 Å². The van der Waals surface area contributed by atoms with Crippen molar-refractivity contribution < 1.29 is 4.39 Å². The Morgan fingerprint density at radius 2 is 1.95 bits per heavy atom. The van der Waals surface area contributed by atoms with Gasteiger partial charge in [0.05, 0.1) is 17.6 Å². The van der Waals surface area contributed by atoms with Crippen LogP contribution in [0.3, 0.4) is 0 Å². The largest absolute Gasteiger partial charge is 0.261 e. The maximum Gasteiger partial charge on any atom is 0.125 e. The van der Waals surface area contributed by atoms with E-state index in [4.69, 9.17) is 11.6 Å². The molecule has 0 bridgehead atoms. The number of aryl methyl sites for hydroxylation is 1. The van der Waals surface area contributed by atoms with Crippen molar-refractivity contribution in [3.05, 3.63) is 65.3 Å². The van der Waals surface area contributed by atoms with Gasteiger partial charge < -0.3 is 0 Å². The lowest BCUT2D eigenvalue weighted by molar-refractivity contribution is 0.628. The Balaban J connectivity index is 2.15. The maximum atomic E-state index is 13.5. The van der Waals surface area contributed by atoms with Crippen LogP contribution in [-0.2, 0) is 0 Å². The summed E-state index contributed by atoms with van der Waals surface area (Å²) in [6.45, 7) is 1.91. The van der Waals surface area contributed by atoms with Crippen LogP contribution in [-0.4, -0.2) is 14.8 Å². The van der Waals surface area contributed by atoms with Gasteiger partial charge in [0.2, 0.25) is 0 Å². The highest BCUT2D eigenvalue weighted by Crippen LogP contribution is 2.26. The van der Waals surface area contributed by atoms with Crippen molar-refractivity contribution in [1.82, 2.24) is 14.8 Å². The van der Waals surface area contributed by atoms with Crippen molar-refractivity contribution in [2.24, 2.45) is 0 Å². The molecule has 3 aromatic rings. The number of pyridine rings is 1.